The first kappa shape index (κ1) is 35.4. The predicted octanol–water partition coefficient (Wildman–Crippen LogP) is 6.24. The second kappa shape index (κ2) is 19.8. The maximum Gasteiger partial charge on any atom is 0.132 e. The van der Waals surface area contributed by atoms with Crippen LogP contribution >= 0.6 is 0 Å². The lowest BCUT2D eigenvalue weighted by Crippen LogP contribution is -2.51. The summed E-state index contributed by atoms with van der Waals surface area (Å²) >= 11 is 0. The van der Waals surface area contributed by atoms with Gasteiger partial charge < -0.3 is 37.9 Å². The van der Waals surface area contributed by atoms with Gasteiger partial charge in [0.25, 0.3) is 0 Å². The molecule has 1 saturated heterocycles. The van der Waals surface area contributed by atoms with E-state index in [9.17, 15) is 0 Å². The van der Waals surface area contributed by atoms with Crippen molar-refractivity contribution in [1.82, 2.24) is 0 Å². The van der Waals surface area contributed by atoms with E-state index in [2.05, 4.69) is 48.6 Å². The summed E-state index contributed by atoms with van der Waals surface area (Å²) in [6.07, 6.45) is 26.2. The lowest BCUT2D eigenvalue weighted by atomic mass is 9.62. The van der Waals surface area contributed by atoms with Crippen LogP contribution in [0.25, 0.3) is 0 Å². The van der Waals surface area contributed by atoms with Crippen LogP contribution in [0.1, 0.15) is 57.8 Å². The Morgan fingerprint density at radius 1 is 0.326 bits per heavy atom. The molecule has 8 nitrogen and oxygen atoms in total. The summed E-state index contributed by atoms with van der Waals surface area (Å²) < 4.78 is 47.9. The van der Waals surface area contributed by atoms with E-state index in [-0.39, 0.29) is 5.41 Å². The van der Waals surface area contributed by atoms with E-state index in [0.717, 1.165) is 104 Å². The van der Waals surface area contributed by atoms with Gasteiger partial charge in [0.15, 0.2) is 0 Å². The van der Waals surface area contributed by atoms with Crippen molar-refractivity contribution in [2.75, 3.05) is 99.1 Å². The molecule has 0 atom stereocenters. The molecule has 46 heavy (non-hydrogen) atoms. The van der Waals surface area contributed by atoms with Crippen LogP contribution in [0.15, 0.2) is 70.9 Å². The second-order valence-corrected chi connectivity index (χ2v) is 12.5. The van der Waals surface area contributed by atoms with Gasteiger partial charge in [-0.3, -0.25) is 0 Å². The molecular formula is C38H56O8. The zero-order chi connectivity index (χ0) is 31.6. The van der Waals surface area contributed by atoms with Crippen molar-refractivity contribution in [3.8, 4) is 0 Å². The van der Waals surface area contributed by atoms with Crippen LogP contribution in [0, 0.1) is 5.41 Å². The molecule has 0 amide bonds. The second-order valence-electron chi connectivity index (χ2n) is 12.5. The van der Waals surface area contributed by atoms with Crippen molar-refractivity contribution in [3.63, 3.8) is 0 Å². The van der Waals surface area contributed by atoms with Gasteiger partial charge >= 0.3 is 0 Å². The van der Waals surface area contributed by atoms with Crippen molar-refractivity contribution in [3.05, 3.63) is 70.9 Å². The Labute approximate surface area is 276 Å². The van der Waals surface area contributed by atoms with Crippen molar-refractivity contribution in [2.45, 2.75) is 63.4 Å². The summed E-state index contributed by atoms with van der Waals surface area (Å²) in [5.74, 6) is 0. The summed E-state index contributed by atoms with van der Waals surface area (Å²) in [4.78, 5) is 0. The van der Waals surface area contributed by atoms with Gasteiger partial charge in [-0.15, -0.1) is 0 Å². The SMILES string of the molecule is C1=CC2=CC=C1C21CCOCCCOCCCOCCCOCCCCOCCCOCCCOCCCOC12C1=CC=C2C=C1. The first-order valence-electron chi connectivity index (χ1n) is 17.8. The average molecular weight is 641 g/mol. The Bertz CT molecular complexity index is 970. The van der Waals surface area contributed by atoms with Gasteiger partial charge in [0.2, 0.25) is 0 Å². The van der Waals surface area contributed by atoms with E-state index in [1.807, 2.05) is 0 Å². The molecule has 8 heteroatoms. The number of rotatable bonds is 0. The zero-order valence-corrected chi connectivity index (χ0v) is 27.9. The van der Waals surface area contributed by atoms with Crippen LogP contribution in [0.4, 0.5) is 0 Å². The summed E-state index contributed by atoms with van der Waals surface area (Å²) in [6, 6.07) is 0. The van der Waals surface area contributed by atoms with E-state index in [1.54, 1.807) is 0 Å². The van der Waals surface area contributed by atoms with Crippen LogP contribution < -0.4 is 0 Å². The zero-order valence-electron chi connectivity index (χ0n) is 27.9. The van der Waals surface area contributed by atoms with E-state index in [1.165, 1.54) is 22.3 Å². The van der Waals surface area contributed by atoms with Crippen molar-refractivity contribution in [2.24, 2.45) is 5.41 Å². The topological polar surface area (TPSA) is 73.8 Å². The third kappa shape index (κ3) is 9.17. The summed E-state index contributed by atoms with van der Waals surface area (Å²) in [5.41, 5.74) is 4.33. The molecule has 4 aliphatic carbocycles. The molecule has 1 heterocycles. The molecule has 2 spiro atoms. The fraction of sp³-hybridized carbons (Fsp3) is 0.684. The Hall–Kier alpha value is -1.88. The van der Waals surface area contributed by atoms with Gasteiger partial charge in [-0.1, -0.05) is 48.6 Å². The van der Waals surface area contributed by atoms with E-state index in [4.69, 9.17) is 37.9 Å². The van der Waals surface area contributed by atoms with Crippen molar-refractivity contribution >= 4 is 0 Å². The molecule has 0 aromatic heterocycles. The van der Waals surface area contributed by atoms with Crippen LogP contribution in [0.3, 0.4) is 0 Å². The van der Waals surface area contributed by atoms with Gasteiger partial charge in [0.1, 0.15) is 5.60 Å². The molecule has 0 unspecified atom stereocenters. The highest BCUT2D eigenvalue weighted by atomic mass is 16.5. The van der Waals surface area contributed by atoms with Gasteiger partial charge in [-0.25, -0.2) is 0 Å². The Morgan fingerprint density at radius 3 is 1.00 bits per heavy atom. The molecule has 1 fully saturated rings. The Balaban J connectivity index is 1.08. The smallest absolute Gasteiger partial charge is 0.132 e. The summed E-state index contributed by atoms with van der Waals surface area (Å²) in [5, 5.41) is 0. The molecular weight excluding hydrogens is 584 g/mol. The standard InChI is InChI=1S/C38H56O8/c1-2-19-40-21-4-23-42-26-6-27-44-30-8-31-46-38(35-13-14-36(38)16-15-35)37(33-9-10-34(37)12-11-33)17-32-45-29-7-28-43-25-5-24-41-22-3-20-39-18-1/h9-16H,1-8,17-32H2. The van der Waals surface area contributed by atoms with E-state index >= 15 is 0 Å². The normalized spacial score (nSPS) is 26.8. The predicted molar refractivity (Wildman–Crippen MR) is 179 cm³/mol. The highest BCUT2D eigenvalue weighted by molar-refractivity contribution is 5.72. The summed E-state index contributed by atoms with van der Waals surface area (Å²) in [7, 11) is 0. The quantitative estimate of drug-likeness (QED) is 0.308. The largest absolute Gasteiger partial charge is 0.381 e. The van der Waals surface area contributed by atoms with Gasteiger partial charge in [-0.05, 0) is 80.1 Å². The Kier molecular flexibility index (Phi) is 15.3. The molecule has 0 saturated carbocycles. The van der Waals surface area contributed by atoms with Crippen molar-refractivity contribution < 1.29 is 37.9 Å². The minimum absolute atomic E-state index is 0.270. The molecule has 1 aliphatic heterocycles. The molecule has 0 aromatic carbocycles. The van der Waals surface area contributed by atoms with Gasteiger partial charge in [0.05, 0.1) is 12.0 Å². The monoisotopic (exact) mass is 640 g/mol. The van der Waals surface area contributed by atoms with E-state index in [0.29, 0.717) is 52.9 Å². The number of hydrogen-bond donors (Lipinski definition) is 0. The average Bonchev–Trinajstić information content (AvgIpc) is 3.82. The first-order valence-corrected chi connectivity index (χ1v) is 17.8. The van der Waals surface area contributed by atoms with Crippen LogP contribution in [0.2, 0.25) is 0 Å². The maximum absolute atomic E-state index is 6.99. The van der Waals surface area contributed by atoms with Gasteiger partial charge in [0, 0.05) is 92.5 Å². The minimum Gasteiger partial charge on any atom is -0.381 e. The molecule has 256 valence electrons. The van der Waals surface area contributed by atoms with Crippen LogP contribution in [0.5, 0.6) is 0 Å². The van der Waals surface area contributed by atoms with Crippen molar-refractivity contribution in [1.29, 1.82) is 0 Å². The molecule has 0 N–H and O–H groups in total. The molecule has 0 aromatic rings. The maximum atomic E-state index is 6.99. The number of ether oxygens (including phenoxy) is 8. The third-order valence-corrected chi connectivity index (χ3v) is 9.26. The van der Waals surface area contributed by atoms with Crippen LogP contribution in [-0.2, 0) is 37.9 Å². The third-order valence-electron chi connectivity index (χ3n) is 9.26. The summed E-state index contributed by atoms with van der Waals surface area (Å²) in [6.45, 7) is 10.7. The lowest BCUT2D eigenvalue weighted by Gasteiger charge is -2.48. The minimum atomic E-state index is -0.513. The molecule has 4 bridgehead atoms. The molecule has 0 radical (unpaired) electrons. The van der Waals surface area contributed by atoms with Crippen LogP contribution in [-0.4, -0.2) is 105 Å². The lowest BCUT2D eigenvalue weighted by molar-refractivity contribution is -0.0585. The fourth-order valence-electron chi connectivity index (χ4n) is 7.02. The fourth-order valence-corrected chi connectivity index (χ4v) is 7.02. The van der Waals surface area contributed by atoms with E-state index < -0.39 is 5.60 Å². The highest BCUT2D eigenvalue weighted by Crippen LogP contribution is 2.65. The molecule has 5 rings (SSSR count). The molecule has 5 aliphatic rings. The van der Waals surface area contributed by atoms with Gasteiger partial charge in [-0.2, -0.15) is 0 Å². The number of hydrogen-bond acceptors (Lipinski definition) is 8. The Morgan fingerprint density at radius 2 is 0.630 bits per heavy atom. The number of allylic oxidation sites excluding steroid dienone is 6. The highest BCUT2D eigenvalue weighted by Gasteiger charge is 2.63. The first-order chi connectivity index (χ1) is 22.9.